The van der Waals surface area contributed by atoms with Crippen LogP contribution in [0.3, 0.4) is 0 Å². The SMILES string of the molecule is C.COc1cc(-n2c(C(C)(C)c3ccc(SN)cc3)cnc2SCc2c(F)cc(C(=O)O)cc2F)ccc1F. The van der Waals surface area contributed by atoms with Gasteiger partial charge in [-0.25, -0.2) is 22.9 Å². The van der Waals surface area contributed by atoms with Gasteiger partial charge in [0.25, 0.3) is 0 Å². The molecule has 1 heterocycles. The summed E-state index contributed by atoms with van der Waals surface area (Å²) in [6.45, 7) is 4.01. The van der Waals surface area contributed by atoms with Gasteiger partial charge in [0.2, 0.25) is 0 Å². The number of benzene rings is 3. The molecule has 39 heavy (non-hydrogen) atoms. The number of carbonyl (C=O) groups is 1. The number of thioether (sulfide) groups is 1. The third kappa shape index (κ3) is 6.10. The van der Waals surface area contributed by atoms with Crippen molar-refractivity contribution >= 4 is 29.7 Å². The van der Waals surface area contributed by atoms with E-state index in [4.69, 9.17) is 15.0 Å². The first-order chi connectivity index (χ1) is 18.1. The Morgan fingerprint density at radius 1 is 1.05 bits per heavy atom. The lowest BCUT2D eigenvalue weighted by Gasteiger charge is -2.27. The van der Waals surface area contributed by atoms with Crippen LogP contribution in [0.5, 0.6) is 5.75 Å². The van der Waals surface area contributed by atoms with Gasteiger partial charge >= 0.3 is 5.97 Å². The second-order valence-electron chi connectivity index (χ2n) is 8.86. The van der Waals surface area contributed by atoms with E-state index >= 15 is 0 Å². The van der Waals surface area contributed by atoms with Crippen molar-refractivity contribution in [1.82, 2.24) is 9.55 Å². The maximum atomic E-state index is 14.6. The quantitative estimate of drug-likeness (QED) is 0.161. The first kappa shape index (κ1) is 30.1. The Balaban J connectivity index is 0.00000420. The van der Waals surface area contributed by atoms with Gasteiger partial charge < -0.3 is 9.84 Å². The lowest BCUT2D eigenvalue weighted by atomic mass is 9.81. The molecule has 0 aliphatic rings. The Kier molecular flexibility index (Phi) is 9.42. The monoisotopic (exact) mass is 575 g/mol. The van der Waals surface area contributed by atoms with Crippen LogP contribution in [0, 0.1) is 17.5 Å². The number of nitrogens with two attached hydrogens (primary N) is 1. The van der Waals surface area contributed by atoms with Crippen molar-refractivity contribution < 1.29 is 27.8 Å². The molecule has 0 amide bonds. The van der Waals surface area contributed by atoms with Crippen LogP contribution in [0.25, 0.3) is 5.69 Å². The molecule has 6 nitrogen and oxygen atoms in total. The zero-order valence-electron chi connectivity index (χ0n) is 20.7. The predicted molar refractivity (Wildman–Crippen MR) is 148 cm³/mol. The van der Waals surface area contributed by atoms with E-state index in [1.807, 2.05) is 38.1 Å². The molecule has 0 saturated carbocycles. The van der Waals surface area contributed by atoms with Crippen molar-refractivity contribution in [1.29, 1.82) is 0 Å². The number of carboxylic acids is 1. The van der Waals surface area contributed by atoms with E-state index in [1.54, 1.807) is 16.8 Å². The van der Waals surface area contributed by atoms with Crippen LogP contribution in [-0.2, 0) is 11.2 Å². The molecular formula is C28H28F3N3O3S2. The van der Waals surface area contributed by atoms with E-state index in [0.29, 0.717) is 10.8 Å². The van der Waals surface area contributed by atoms with E-state index in [-0.39, 0.29) is 24.5 Å². The number of aromatic nitrogens is 2. The van der Waals surface area contributed by atoms with Crippen LogP contribution in [0.1, 0.15) is 48.5 Å². The van der Waals surface area contributed by atoms with Gasteiger partial charge in [0, 0.05) is 27.7 Å². The maximum absolute atomic E-state index is 14.6. The molecule has 3 aromatic carbocycles. The summed E-state index contributed by atoms with van der Waals surface area (Å²) in [5, 5.41) is 15.1. The second-order valence-corrected chi connectivity index (χ2v) is 10.5. The van der Waals surface area contributed by atoms with Crippen LogP contribution in [-0.4, -0.2) is 27.7 Å². The topological polar surface area (TPSA) is 90.4 Å². The maximum Gasteiger partial charge on any atom is 0.335 e. The number of ether oxygens (including phenoxy) is 1. The van der Waals surface area contributed by atoms with Crippen molar-refractivity contribution in [3.8, 4) is 11.4 Å². The summed E-state index contributed by atoms with van der Waals surface area (Å²) in [6.07, 6.45) is 1.67. The number of hydrogen-bond acceptors (Lipinski definition) is 6. The van der Waals surface area contributed by atoms with Crippen LogP contribution in [0.2, 0.25) is 0 Å². The molecule has 0 unspecified atom stereocenters. The largest absolute Gasteiger partial charge is 0.494 e. The third-order valence-electron chi connectivity index (χ3n) is 6.21. The van der Waals surface area contributed by atoms with Crippen molar-refractivity contribution in [2.45, 2.75) is 42.5 Å². The van der Waals surface area contributed by atoms with E-state index in [9.17, 15) is 18.0 Å². The minimum atomic E-state index is -1.42. The number of halogens is 3. The Labute approximate surface area is 233 Å². The van der Waals surface area contributed by atoms with Gasteiger partial charge in [-0.2, -0.15) is 0 Å². The number of rotatable bonds is 9. The van der Waals surface area contributed by atoms with E-state index in [1.165, 1.54) is 19.2 Å². The van der Waals surface area contributed by atoms with Crippen molar-refractivity contribution in [3.05, 3.63) is 101 Å². The number of imidazole rings is 1. The van der Waals surface area contributed by atoms with Gasteiger partial charge in [-0.15, -0.1) is 0 Å². The highest BCUT2D eigenvalue weighted by Gasteiger charge is 2.30. The molecule has 3 N–H and O–H groups in total. The Bertz CT molecular complexity index is 1470. The molecule has 0 fully saturated rings. The smallest absolute Gasteiger partial charge is 0.335 e. The van der Waals surface area contributed by atoms with Gasteiger partial charge in [0.1, 0.15) is 11.6 Å². The molecular weight excluding hydrogens is 547 g/mol. The number of carboxylic acid groups (broad SMARTS) is 1. The molecule has 0 spiro atoms. The summed E-state index contributed by atoms with van der Waals surface area (Å²) < 4.78 is 50.4. The normalized spacial score (nSPS) is 11.3. The molecule has 0 saturated heterocycles. The molecule has 206 valence electrons. The zero-order valence-corrected chi connectivity index (χ0v) is 22.3. The van der Waals surface area contributed by atoms with Crippen molar-refractivity contribution in [2.24, 2.45) is 5.14 Å². The molecule has 0 radical (unpaired) electrons. The first-order valence-electron chi connectivity index (χ1n) is 11.3. The highest BCUT2D eigenvalue weighted by Crippen LogP contribution is 2.38. The molecule has 0 aliphatic carbocycles. The van der Waals surface area contributed by atoms with Gasteiger partial charge in [0.05, 0.1) is 30.3 Å². The molecule has 1 aromatic heterocycles. The second kappa shape index (κ2) is 12.2. The van der Waals surface area contributed by atoms with Crippen LogP contribution in [0.4, 0.5) is 13.2 Å². The molecule has 0 atom stereocenters. The number of nitrogens with zero attached hydrogens (tertiary/aromatic N) is 2. The molecule has 0 aliphatic heterocycles. The van der Waals surface area contributed by atoms with Crippen LogP contribution in [0.15, 0.2) is 70.8 Å². The van der Waals surface area contributed by atoms with Crippen molar-refractivity contribution in [2.75, 3.05) is 7.11 Å². The average molecular weight is 576 g/mol. The molecule has 11 heteroatoms. The fourth-order valence-corrected chi connectivity index (χ4v) is 5.32. The Morgan fingerprint density at radius 3 is 2.26 bits per heavy atom. The molecule has 0 bridgehead atoms. The summed E-state index contributed by atoms with van der Waals surface area (Å²) in [5.74, 6) is -4.02. The van der Waals surface area contributed by atoms with E-state index < -0.39 is 34.4 Å². The van der Waals surface area contributed by atoms with Crippen LogP contribution < -0.4 is 9.88 Å². The summed E-state index contributed by atoms with van der Waals surface area (Å²) in [7, 11) is 1.36. The highest BCUT2D eigenvalue weighted by molar-refractivity contribution is 7.98. The van der Waals surface area contributed by atoms with Gasteiger partial charge in [-0.1, -0.05) is 45.2 Å². The highest BCUT2D eigenvalue weighted by atomic mass is 32.2. The lowest BCUT2D eigenvalue weighted by Crippen LogP contribution is -2.23. The minimum absolute atomic E-state index is 0. The molecule has 4 rings (SSSR count). The van der Waals surface area contributed by atoms with Gasteiger partial charge in [0.15, 0.2) is 16.7 Å². The Morgan fingerprint density at radius 2 is 1.69 bits per heavy atom. The van der Waals surface area contributed by atoms with Gasteiger partial charge in [-0.3, -0.25) is 9.71 Å². The fraction of sp³-hybridized carbons (Fsp3) is 0.214. The summed E-state index contributed by atoms with van der Waals surface area (Å²) >= 11 is 2.20. The minimum Gasteiger partial charge on any atom is -0.494 e. The lowest BCUT2D eigenvalue weighted by molar-refractivity contribution is 0.0695. The van der Waals surface area contributed by atoms with Crippen molar-refractivity contribution in [3.63, 3.8) is 0 Å². The van der Waals surface area contributed by atoms with Gasteiger partial charge in [-0.05, 0) is 53.9 Å². The fourth-order valence-electron chi connectivity index (χ4n) is 4.01. The predicted octanol–water partition coefficient (Wildman–Crippen LogP) is 7.22. The van der Waals surface area contributed by atoms with Crippen LogP contribution >= 0.6 is 23.7 Å². The number of aromatic carboxylic acids is 1. The Hall–Kier alpha value is -3.41. The van der Waals surface area contributed by atoms with E-state index in [2.05, 4.69) is 4.98 Å². The van der Waals surface area contributed by atoms with E-state index in [0.717, 1.165) is 52.0 Å². The summed E-state index contributed by atoms with van der Waals surface area (Å²) in [4.78, 5) is 16.6. The number of hydrogen-bond donors (Lipinski definition) is 2. The average Bonchev–Trinajstić information content (AvgIpc) is 3.33. The third-order valence-corrected chi connectivity index (χ3v) is 7.73. The molecule has 4 aromatic rings. The standard InChI is InChI=1S/C27H24F3N3O3S2.CH4/c1-27(2,16-4-7-18(38-31)8-5-16)24-13-32-26(33(24)17-6-9-20(28)23(12-17)36-3)37-14-19-21(29)10-15(25(34)35)11-22(19)30;/h4-13H,14,31H2,1-3H3,(H,34,35);1H4. The zero-order chi connectivity index (χ0) is 27.6. The number of methoxy groups -OCH3 is 1. The summed E-state index contributed by atoms with van der Waals surface area (Å²) in [6, 6.07) is 13.7. The first-order valence-corrected chi connectivity index (χ1v) is 13.2. The summed E-state index contributed by atoms with van der Waals surface area (Å²) in [5.41, 5.74) is 0.902.